The fourth-order valence-corrected chi connectivity index (χ4v) is 1.81. The van der Waals surface area contributed by atoms with Crippen molar-refractivity contribution in [1.29, 1.82) is 0 Å². The van der Waals surface area contributed by atoms with Gasteiger partial charge in [0.05, 0.1) is 0 Å². The lowest BCUT2D eigenvalue weighted by Gasteiger charge is -1.97. The van der Waals surface area contributed by atoms with Gasteiger partial charge in [0.2, 0.25) is 0 Å². The Morgan fingerprint density at radius 1 is 0.762 bits per heavy atom. The van der Waals surface area contributed by atoms with Crippen molar-refractivity contribution in [2.24, 2.45) is 0 Å². The molecule has 0 aromatic heterocycles. The summed E-state index contributed by atoms with van der Waals surface area (Å²) in [6.45, 7) is 3.20. The third-order valence-electron chi connectivity index (χ3n) is 2.34. The van der Waals surface area contributed by atoms with Crippen molar-refractivity contribution >= 4 is 22.6 Å². The third kappa shape index (κ3) is 6.63. The molecule has 21 heavy (non-hydrogen) atoms. The molecule has 0 saturated heterocycles. The molecule has 0 N–H and O–H groups in total. The molecule has 0 amide bonds. The number of terminal acetylenes is 1. The van der Waals surface area contributed by atoms with E-state index in [1.54, 1.807) is 13.8 Å². The van der Waals surface area contributed by atoms with Crippen LogP contribution in [0.15, 0.2) is 30.3 Å². The van der Waals surface area contributed by atoms with Crippen molar-refractivity contribution in [2.75, 3.05) is 0 Å². The molecule has 0 aliphatic carbocycles. The highest BCUT2D eigenvalue weighted by molar-refractivity contribution is 14.1. The second kappa shape index (κ2) is 9.40. The lowest BCUT2D eigenvalue weighted by Crippen LogP contribution is -1.87. The highest BCUT2D eigenvalue weighted by atomic mass is 127. The highest BCUT2D eigenvalue weighted by Crippen LogP contribution is 2.15. The maximum absolute atomic E-state index is 12.5. The molecule has 112 valence electrons. The SMILES string of the molecule is C#C.Cc1cc(I)c(F)cc1F.Cc1ccc(F)cc1F. The van der Waals surface area contributed by atoms with Gasteiger partial charge in [-0.3, -0.25) is 0 Å². The predicted molar refractivity (Wildman–Crippen MR) is 84.8 cm³/mol. The van der Waals surface area contributed by atoms with Crippen molar-refractivity contribution < 1.29 is 17.6 Å². The molecule has 0 nitrogen and oxygen atoms in total. The molecule has 0 saturated carbocycles. The smallest absolute Gasteiger partial charge is 0.139 e. The van der Waals surface area contributed by atoms with Crippen LogP contribution >= 0.6 is 22.6 Å². The zero-order valence-electron chi connectivity index (χ0n) is 11.4. The lowest BCUT2D eigenvalue weighted by molar-refractivity contribution is 0.572. The van der Waals surface area contributed by atoms with E-state index in [4.69, 9.17) is 0 Å². The lowest BCUT2D eigenvalue weighted by atomic mass is 10.2. The molecule has 0 fully saturated rings. The Kier molecular flexibility index (Phi) is 8.70. The van der Waals surface area contributed by atoms with Crippen molar-refractivity contribution in [3.63, 3.8) is 0 Å². The van der Waals surface area contributed by atoms with E-state index in [0.29, 0.717) is 14.7 Å². The molecular formula is C16H13F4I. The van der Waals surface area contributed by atoms with Gasteiger partial charge >= 0.3 is 0 Å². The van der Waals surface area contributed by atoms with Gasteiger partial charge < -0.3 is 0 Å². The van der Waals surface area contributed by atoms with Gasteiger partial charge in [0, 0.05) is 15.7 Å². The second-order valence-electron chi connectivity index (χ2n) is 3.91. The maximum atomic E-state index is 12.5. The summed E-state index contributed by atoms with van der Waals surface area (Å²) in [4.78, 5) is 0. The van der Waals surface area contributed by atoms with Gasteiger partial charge in [-0.05, 0) is 59.7 Å². The molecule has 0 atom stereocenters. The van der Waals surface area contributed by atoms with Crippen LogP contribution in [0.2, 0.25) is 0 Å². The van der Waals surface area contributed by atoms with Crippen LogP contribution in [0.1, 0.15) is 11.1 Å². The van der Waals surface area contributed by atoms with Gasteiger partial charge in [0.15, 0.2) is 0 Å². The number of aryl methyl sites for hydroxylation is 2. The Balaban J connectivity index is 0.000000342. The van der Waals surface area contributed by atoms with Crippen LogP contribution in [0.3, 0.4) is 0 Å². The summed E-state index contributed by atoms with van der Waals surface area (Å²) in [6.07, 6.45) is 8.00. The molecule has 0 aliphatic rings. The van der Waals surface area contributed by atoms with Crippen LogP contribution in [0, 0.1) is 53.5 Å². The Bertz CT molecular complexity index is 571. The Hall–Kier alpha value is -1.55. The van der Waals surface area contributed by atoms with Gasteiger partial charge in [-0.2, -0.15) is 0 Å². The predicted octanol–water partition coefficient (Wildman–Crippen LogP) is 5.40. The Morgan fingerprint density at radius 2 is 1.29 bits per heavy atom. The van der Waals surface area contributed by atoms with Crippen molar-refractivity contribution in [3.05, 3.63) is 68.3 Å². The number of hydrogen-bond donors (Lipinski definition) is 0. The molecule has 2 aromatic rings. The van der Waals surface area contributed by atoms with Crippen LogP contribution in [0.5, 0.6) is 0 Å². The van der Waals surface area contributed by atoms with E-state index in [-0.39, 0.29) is 0 Å². The zero-order valence-corrected chi connectivity index (χ0v) is 13.6. The molecule has 0 spiro atoms. The molecule has 2 rings (SSSR count). The minimum absolute atomic E-state index is 0.455. The van der Waals surface area contributed by atoms with E-state index in [0.717, 1.165) is 12.1 Å². The van der Waals surface area contributed by atoms with Gasteiger partial charge in [-0.25, -0.2) is 17.6 Å². The highest BCUT2D eigenvalue weighted by Gasteiger charge is 2.02. The monoisotopic (exact) mass is 408 g/mol. The zero-order chi connectivity index (χ0) is 16.6. The number of rotatable bonds is 0. The van der Waals surface area contributed by atoms with Crippen molar-refractivity contribution in [2.45, 2.75) is 13.8 Å². The van der Waals surface area contributed by atoms with E-state index in [2.05, 4.69) is 12.8 Å². The largest absolute Gasteiger partial charge is 0.207 e. The van der Waals surface area contributed by atoms with Crippen LogP contribution < -0.4 is 0 Å². The van der Waals surface area contributed by atoms with E-state index in [1.807, 2.05) is 22.6 Å². The number of halogens is 5. The summed E-state index contributed by atoms with van der Waals surface area (Å²) >= 11 is 1.82. The second-order valence-corrected chi connectivity index (χ2v) is 5.07. The quantitative estimate of drug-likeness (QED) is 0.237. The van der Waals surface area contributed by atoms with Crippen molar-refractivity contribution in [1.82, 2.24) is 0 Å². The maximum Gasteiger partial charge on any atom is 0.139 e. The fourth-order valence-electron chi connectivity index (χ4n) is 1.19. The van der Waals surface area contributed by atoms with Gasteiger partial charge in [0.1, 0.15) is 23.3 Å². The summed E-state index contributed by atoms with van der Waals surface area (Å²) in [5.41, 5.74) is 0.946. The first-order valence-electron chi connectivity index (χ1n) is 5.67. The summed E-state index contributed by atoms with van der Waals surface area (Å²) in [5, 5.41) is 0. The molecule has 0 radical (unpaired) electrons. The molecule has 0 aliphatic heterocycles. The fraction of sp³-hybridized carbons (Fsp3) is 0.125. The number of hydrogen-bond acceptors (Lipinski definition) is 0. The van der Waals surface area contributed by atoms with Crippen LogP contribution in [-0.4, -0.2) is 0 Å². The molecule has 0 heterocycles. The first-order chi connectivity index (χ1) is 9.81. The normalized spacial score (nSPS) is 9.00. The van der Waals surface area contributed by atoms with Crippen LogP contribution in [0.25, 0.3) is 0 Å². The topological polar surface area (TPSA) is 0 Å². The summed E-state index contributed by atoms with van der Waals surface area (Å²) < 4.78 is 49.9. The first-order valence-corrected chi connectivity index (χ1v) is 6.75. The minimum Gasteiger partial charge on any atom is -0.207 e. The van der Waals surface area contributed by atoms with Crippen LogP contribution in [-0.2, 0) is 0 Å². The Labute approximate surface area is 135 Å². The van der Waals surface area contributed by atoms with Crippen molar-refractivity contribution in [3.8, 4) is 12.8 Å². The van der Waals surface area contributed by atoms with E-state index in [9.17, 15) is 17.6 Å². The molecule has 0 bridgehead atoms. The van der Waals surface area contributed by atoms with E-state index in [1.165, 1.54) is 18.2 Å². The summed E-state index contributed by atoms with van der Waals surface area (Å²) in [6, 6.07) is 5.89. The molecule has 0 unspecified atom stereocenters. The summed E-state index contributed by atoms with van der Waals surface area (Å²) in [7, 11) is 0. The molecule has 2 aromatic carbocycles. The third-order valence-corrected chi connectivity index (χ3v) is 3.16. The van der Waals surface area contributed by atoms with Gasteiger partial charge in [-0.15, -0.1) is 12.8 Å². The molecule has 5 heteroatoms. The van der Waals surface area contributed by atoms with Crippen LogP contribution in [0.4, 0.5) is 17.6 Å². The minimum atomic E-state index is -0.530. The van der Waals surface area contributed by atoms with Gasteiger partial charge in [-0.1, -0.05) is 6.07 Å². The first kappa shape index (κ1) is 19.4. The van der Waals surface area contributed by atoms with Gasteiger partial charge in [0.25, 0.3) is 0 Å². The average Bonchev–Trinajstić information content (AvgIpc) is 2.44. The molecular weight excluding hydrogens is 395 g/mol. The number of benzene rings is 2. The van der Waals surface area contributed by atoms with E-state index < -0.39 is 23.3 Å². The average molecular weight is 408 g/mol. The Morgan fingerprint density at radius 3 is 1.71 bits per heavy atom. The summed E-state index contributed by atoms with van der Waals surface area (Å²) in [5.74, 6) is -2.00. The standard InChI is InChI=1S/C7H5F2I.C7H6F2.C2H2/c1-4-2-7(10)6(9)3-5(4)8;1-5-2-3-6(8)4-7(5)9;1-2/h2-3H,1H3;2-4H,1H3;1-2H. The van der Waals surface area contributed by atoms with E-state index >= 15 is 0 Å².